The Morgan fingerprint density at radius 2 is 1.54 bits per heavy atom. The molecule has 0 aromatic rings. The van der Waals surface area contributed by atoms with Crippen LogP contribution in [0.1, 0.15) is 115 Å². The largest absolute Gasteiger partial charge is 0.459 e. The van der Waals surface area contributed by atoms with Gasteiger partial charge in [-0.2, -0.15) is 0 Å². The third kappa shape index (κ3) is 11.8. The van der Waals surface area contributed by atoms with Crippen LogP contribution in [-0.2, 0) is 33.2 Å². The van der Waals surface area contributed by atoms with E-state index in [1.165, 1.54) is 6.92 Å². The normalized spacial score (nSPS) is 46.5. The van der Waals surface area contributed by atoms with E-state index < -0.39 is 95.3 Å². The first-order chi connectivity index (χ1) is 27.2. The molecule has 0 spiro atoms. The van der Waals surface area contributed by atoms with Crippen molar-refractivity contribution in [2.24, 2.45) is 17.8 Å². The fourth-order valence-electron chi connectivity index (χ4n) is 10.0. The Balaban J connectivity index is 2.24. The van der Waals surface area contributed by atoms with E-state index in [1.807, 2.05) is 72.5 Å². The number of carbonyl (C=O) groups is 1. The van der Waals surface area contributed by atoms with Gasteiger partial charge >= 0.3 is 5.97 Å². The second kappa shape index (κ2) is 21.1. The van der Waals surface area contributed by atoms with Crippen LogP contribution in [0.5, 0.6) is 0 Å². The molecular weight excluding hydrogens is 762 g/mol. The summed E-state index contributed by atoms with van der Waals surface area (Å²) in [7, 11) is 7.25. The summed E-state index contributed by atoms with van der Waals surface area (Å²) in [5, 5.41) is 60.3. The minimum Gasteiger partial charge on any atom is -0.459 e. The van der Waals surface area contributed by atoms with Gasteiger partial charge in [-0.15, -0.1) is 0 Å². The molecule has 0 aromatic heterocycles. The second-order valence-corrected chi connectivity index (χ2v) is 19.4. The number of cyclic esters (lactones) is 1. The summed E-state index contributed by atoms with van der Waals surface area (Å²) in [6, 6.07) is -0.522. The highest BCUT2D eigenvalue weighted by molar-refractivity contribution is 5.73. The fraction of sp³-hybridized carbons (Fsp3) is 0.977. The first-order valence-electron chi connectivity index (χ1n) is 22.2. The Labute approximate surface area is 356 Å². The third-order valence-electron chi connectivity index (χ3n) is 14.1. The summed E-state index contributed by atoms with van der Waals surface area (Å²) in [6.07, 6.45) is -6.73. The molecule has 3 rings (SSSR count). The van der Waals surface area contributed by atoms with Crippen molar-refractivity contribution in [3.63, 3.8) is 0 Å². The maximum Gasteiger partial charge on any atom is 0.311 e. The SMILES string of the molecule is CCCN1C[C@H](C)[C@@H](O)[C@](C)(O)[C@@H](CC)OC(=O)[C@H](C)[C@@H](O[C@H]2C[C@@](C)(OC)[C@](O)(CN(C)CC)[C@H](C)O2)[C@H](C)[C@@H](O[C@@H]2O[C@H](C)C[C@H](N(C)C)[C@H]2O)[C@](C)(O)C[C@H]1C. The maximum atomic E-state index is 14.5. The summed E-state index contributed by atoms with van der Waals surface area (Å²) in [5.74, 6) is -2.93. The zero-order valence-electron chi connectivity index (χ0n) is 39.4. The van der Waals surface area contributed by atoms with E-state index in [1.54, 1.807) is 34.8 Å². The van der Waals surface area contributed by atoms with E-state index >= 15 is 0 Å². The summed E-state index contributed by atoms with van der Waals surface area (Å²) >= 11 is 0. The Hall–Kier alpha value is -1.05. The standard InChI is InChI=1S/C44H85N3O12/c1-17-20-47-24-26(4)37(49)43(12,52)33(18-2)57-39(50)30(8)36(58-34-23-42(11,54-16)44(53,31(9)56-34)25-46(15)19-3)29(7)38(41(10,51)22-27(47)5)59-40-35(48)32(45(13)14)21-28(6)55-40/h26-38,40,48-49,51-53H,17-25H2,1-16H3/t26-,27+,28+,29-,30+,31-,32-,33+,34-,35+,36-,37+,38+,40-,41+,42+,43+,44-/m0/s1. The molecule has 5 N–H and O–H groups in total. The highest BCUT2D eigenvalue weighted by Crippen LogP contribution is 2.44. The van der Waals surface area contributed by atoms with Gasteiger partial charge in [-0.1, -0.05) is 34.6 Å². The van der Waals surface area contributed by atoms with Crippen LogP contribution in [0.15, 0.2) is 0 Å². The van der Waals surface area contributed by atoms with E-state index in [4.69, 9.17) is 28.4 Å². The minimum absolute atomic E-state index is 0.0979. The fourth-order valence-corrected chi connectivity index (χ4v) is 10.0. The number of hydrogen-bond donors (Lipinski definition) is 5. The number of rotatable bonds is 12. The van der Waals surface area contributed by atoms with Crippen LogP contribution < -0.4 is 0 Å². The molecule has 0 bridgehead atoms. The first-order valence-corrected chi connectivity index (χ1v) is 22.2. The van der Waals surface area contributed by atoms with Crippen molar-refractivity contribution < 1.29 is 58.7 Å². The number of likely N-dealkylation sites (N-methyl/N-ethyl adjacent to an activating group) is 2. The van der Waals surface area contributed by atoms with Crippen LogP contribution in [0.25, 0.3) is 0 Å². The van der Waals surface area contributed by atoms with Crippen molar-refractivity contribution in [3.05, 3.63) is 0 Å². The number of aliphatic hydroxyl groups excluding tert-OH is 2. The highest BCUT2D eigenvalue weighted by Gasteiger charge is 2.59. The summed E-state index contributed by atoms with van der Waals surface area (Å²) in [4.78, 5) is 20.6. The first kappa shape index (κ1) is 52.3. The van der Waals surface area contributed by atoms with E-state index in [-0.39, 0.29) is 44.0 Å². The smallest absolute Gasteiger partial charge is 0.311 e. The average molecular weight is 848 g/mol. The lowest BCUT2D eigenvalue weighted by Gasteiger charge is -2.54. The molecule has 3 heterocycles. The van der Waals surface area contributed by atoms with E-state index in [9.17, 15) is 30.3 Å². The molecule has 348 valence electrons. The summed E-state index contributed by atoms with van der Waals surface area (Å²) < 4.78 is 38.8. The van der Waals surface area contributed by atoms with Crippen LogP contribution in [0.4, 0.5) is 0 Å². The Bertz CT molecular complexity index is 1310. The van der Waals surface area contributed by atoms with Crippen LogP contribution in [0.3, 0.4) is 0 Å². The topological polar surface area (TPSA) is 183 Å². The van der Waals surface area contributed by atoms with Gasteiger partial charge < -0.3 is 68.7 Å². The van der Waals surface area contributed by atoms with Crippen molar-refractivity contribution in [2.45, 2.75) is 205 Å². The van der Waals surface area contributed by atoms with Crippen LogP contribution in [-0.4, -0.2) is 190 Å². The quantitative estimate of drug-likeness (QED) is 0.181. The van der Waals surface area contributed by atoms with Gasteiger partial charge in [0.2, 0.25) is 0 Å². The van der Waals surface area contributed by atoms with Gasteiger partial charge in [-0.05, 0) is 114 Å². The summed E-state index contributed by atoms with van der Waals surface area (Å²) in [6.45, 7) is 24.0. The molecule has 0 saturated carbocycles. The molecule has 18 atom stereocenters. The number of esters is 1. The average Bonchev–Trinajstić information content (AvgIpc) is 3.16. The van der Waals surface area contributed by atoms with Gasteiger partial charge in [-0.25, -0.2) is 0 Å². The van der Waals surface area contributed by atoms with Crippen molar-refractivity contribution in [2.75, 3.05) is 54.4 Å². The lowest BCUT2D eigenvalue weighted by molar-refractivity contribution is -0.339. The van der Waals surface area contributed by atoms with E-state index in [2.05, 4.69) is 11.8 Å². The number of methoxy groups -OCH3 is 1. The predicted octanol–water partition coefficient (Wildman–Crippen LogP) is 3.00. The molecule has 3 fully saturated rings. The molecule has 0 aliphatic carbocycles. The number of nitrogens with zero attached hydrogens (tertiary/aromatic N) is 3. The number of aliphatic hydroxyl groups is 5. The lowest BCUT2D eigenvalue weighted by Crippen LogP contribution is -2.70. The summed E-state index contributed by atoms with van der Waals surface area (Å²) in [5.41, 5.74) is -5.95. The van der Waals surface area contributed by atoms with Gasteiger partial charge in [0.1, 0.15) is 29.0 Å². The molecule has 59 heavy (non-hydrogen) atoms. The van der Waals surface area contributed by atoms with Crippen molar-refractivity contribution in [3.8, 4) is 0 Å². The van der Waals surface area contributed by atoms with Gasteiger partial charge in [0, 0.05) is 44.6 Å². The molecule has 15 nitrogen and oxygen atoms in total. The zero-order valence-corrected chi connectivity index (χ0v) is 39.4. The Morgan fingerprint density at radius 3 is 2.08 bits per heavy atom. The monoisotopic (exact) mass is 848 g/mol. The van der Waals surface area contributed by atoms with Crippen LogP contribution in [0.2, 0.25) is 0 Å². The molecule has 0 amide bonds. The second-order valence-electron chi connectivity index (χ2n) is 19.4. The van der Waals surface area contributed by atoms with Gasteiger partial charge in [0.15, 0.2) is 12.6 Å². The number of carbonyl (C=O) groups excluding carboxylic acids is 1. The molecule has 3 aliphatic rings. The maximum absolute atomic E-state index is 14.5. The molecule has 15 heteroatoms. The minimum atomic E-state index is -1.80. The van der Waals surface area contributed by atoms with Crippen molar-refractivity contribution in [1.82, 2.24) is 14.7 Å². The molecular formula is C44H85N3O12. The van der Waals surface area contributed by atoms with Crippen molar-refractivity contribution >= 4 is 5.97 Å². The van der Waals surface area contributed by atoms with Crippen molar-refractivity contribution in [1.29, 1.82) is 0 Å². The number of hydrogen-bond acceptors (Lipinski definition) is 15. The lowest BCUT2D eigenvalue weighted by atomic mass is 9.75. The van der Waals surface area contributed by atoms with Gasteiger partial charge in [-0.3, -0.25) is 4.79 Å². The van der Waals surface area contributed by atoms with Gasteiger partial charge in [0.05, 0.1) is 42.0 Å². The van der Waals surface area contributed by atoms with Crippen LogP contribution >= 0.6 is 0 Å². The zero-order chi connectivity index (χ0) is 45.0. The molecule has 3 saturated heterocycles. The number of ether oxygens (including phenoxy) is 6. The molecule has 0 unspecified atom stereocenters. The predicted molar refractivity (Wildman–Crippen MR) is 226 cm³/mol. The molecule has 0 radical (unpaired) electrons. The van der Waals surface area contributed by atoms with E-state index in [0.717, 1.165) is 6.42 Å². The molecule has 3 aliphatic heterocycles. The highest BCUT2D eigenvalue weighted by atomic mass is 16.7. The van der Waals surface area contributed by atoms with Gasteiger partial charge in [0.25, 0.3) is 0 Å². The Kier molecular flexibility index (Phi) is 18.7. The van der Waals surface area contributed by atoms with E-state index in [0.29, 0.717) is 26.1 Å². The van der Waals surface area contributed by atoms with Crippen LogP contribution in [0, 0.1) is 17.8 Å². The molecule has 0 aromatic carbocycles. The Morgan fingerprint density at radius 1 is 0.915 bits per heavy atom. The third-order valence-corrected chi connectivity index (χ3v) is 14.1.